The van der Waals surface area contributed by atoms with Gasteiger partial charge < -0.3 is 4.42 Å². The molecule has 3 heteroatoms. The van der Waals surface area contributed by atoms with Crippen molar-refractivity contribution in [3.05, 3.63) is 11.8 Å². The SMILES string of the molecule is CC[C@H]1CC[C@H](c2nnc(C)o2)CC1. The molecule has 1 aliphatic rings. The molecule has 0 N–H and O–H groups in total. The third kappa shape index (κ3) is 1.97. The molecule has 0 unspecified atom stereocenters. The predicted molar refractivity (Wildman–Crippen MR) is 54.0 cm³/mol. The zero-order valence-corrected chi connectivity index (χ0v) is 8.99. The molecule has 14 heavy (non-hydrogen) atoms. The van der Waals surface area contributed by atoms with E-state index in [4.69, 9.17) is 4.42 Å². The molecule has 0 radical (unpaired) electrons. The molecule has 0 amide bonds. The molecular formula is C11H18N2O. The molecule has 0 aromatic carbocycles. The van der Waals surface area contributed by atoms with Crippen LogP contribution < -0.4 is 0 Å². The van der Waals surface area contributed by atoms with Crippen LogP contribution in [0.4, 0.5) is 0 Å². The van der Waals surface area contributed by atoms with Gasteiger partial charge >= 0.3 is 0 Å². The minimum atomic E-state index is 0.527. The van der Waals surface area contributed by atoms with Gasteiger partial charge in [-0.3, -0.25) is 0 Å². The maximum atomic E-state index is 5.47. The molecule has 1 heterocycles. The molecule has 1 aromatic rings. The highest BCUT2D eigenvalue weighted by Gasteiger charge is 2.24. The molecule has 0 spiro atoms. The van der Waals surface area contributed by atoms with Crippen LogP contribution in [0, 0.1) is 12.8 Å². The van der Waals surface area contributed by atoms with E-state index in [1.807, 2.05) is 6.92 Å². The highest BCUT2D eigenvalue weighted by Crippen LogP contribution is 2.36. The van der Waals surface area contributed by atoms with Crippen LogP contribution in [0.1, 0.15) is 56.7 Å². The number of hydrogen-bond acceptors (Lipinski definition) is 3. The van der Waals surface area contributed by atoms with Crippen molar-refractivity contribution in [2.45, 2.75) is 51.9 Å². The molecule has 0 atom stereocenters. The Kier molecular flexibility index (Phi) is 2.85. The van der Waals surface area contributed by atoms with E-state index in [1.54, 1.807) is 0 Å². The summed E-state index contributed by atoms with van der Waals surface area (Å²) in [7, 11) is 0. The fourth-order valence-corrected chi connectivity index (χ4v) is 2.29. The second-order valence-electron chi connectivity index (χ2n) is 4.29. The van der Waals surface area contributed by atoms with Crippen molar-refractivity contribution >= 4 is 0 Å². The first-order valence-corrected chi connectivity index (χ1v) is 5.59. The lowest BCUT2D eigenvalue weighted by molar-refractivity contribution is 0.285. The van der Waals surface area contributed by atoms with Gasteiger partial charge in [-0.25, -0.2) is 0 Å². The van der Waals surface area contributed by atoms with Crippen molar-refractivity contribution in [2.24, 2.45) is 5.92 Å². The Bertz CT molecular complexity index is 287. The first-order chi connectivity index (χ1) is 6.79. The average molecular weight is 194 g/mol. The monoisotopic (exact) mass is 194 g/mol. The lowest BCUT2D eigenvalue weighted by atomic mass is 9.81. The quantitative estimate of drug-likeness (QED) is 0.726. The van der Waals surface area contributed by atoms with Crippen molar-refractivity contribution in [3.63, 3.8) is 0 Å². The van der Waals surface area contributed by atoms with Crippen LogP contribution in [0.3, 0.4) is 0 Å². The van der Waals surface area contributed by atoms with E-state index in [0.717, 1.165) is 11.8 Å². The van der Waals surface area contributed by atoms with E-state index in [9.17, 15) is 0 Å². The summed E-state index contributed by atoms with van der Waals surface area (Å²) in [5, 5.41) is 7.99. The summed E-state index contributed by atoms with van der Waals surface area (Å²) in [6.07, 6.45) is 6.40. The topological polar surface area (TPSA) is 38.9 Å². The third-order valence-corrected chi connectivity index (χ3v) is 3.32. The third-order valence-electron chi connectivity index (χ3n) is 3.32. The second kappa shape index (κ2) is 4.11. The summed E-state index contributed by atoms with van der Waals surface area (Å²) in [6, 6.07) is 0. The lowest BCUT2D eigenvalue weighted by Crippen LogP contribution is -2.12. The van der Waals surface area contributed by atoms with Gasteiger partial charge in [0, 0.05) is 12.8 Å². The first kappa shape index (κ1) is 9.69. The molecule has 1 saturated carbocycles. The minimum absolute atomic E-state index is 0.527. The predicted octanol–water partition coefficient (Wildman–Crippen LogP) is 3.06. The summed E-state index contributed by atoms with van der Waals surface area (Å²) in [5.74, 6) is 3.00. The van der Waals surface area contributed by atoms with Crippen LogP contribution in [-0.2, 0) is 0 Å². The van der Waals surface area contributed by atoms with Gasteiger partial charge in [-0.05, 0) is 31.6 Å². The maximum absolute atomic E-state index is 5.47. The van der Waals surface area contributed by atoms with Gasteiger partial charge in [-0.1, -0.05) is 13.3 Å². The number of aromatic nitrogens is 2. The average Bonchev–Trinajstić information content (AvgIpc) is 2.65. The lowest BCUT2D eigenvalue weighted by Gasteiger charge is -2.25. The Morgan fingerprint density at radius 3 is 2.43 bits per heavy atom. The Morgan fingerprint density at radius 1 is 1.21 bits per heavy atom. The first-order valence-electron chi connectivity index (χ1n) is 5.59. The van der Waals surface area contributed by atoms with Crippen LogP contribution in [-0.4, -0.2) is 10.2 Å². The van der Waals surface area contributed by atoms with Gasteiger partial charge in [0.05, 0.1) is 0 Å². The van der Waals surface area contributed by atoms with Crippen molar-refractivity contribution in [2.75, 3.05) is 0 Å². The number of nitrogens with zero attached hydrogens (tertiary/aromatic N) is 2. The van der Waals surface area contributed by atoms with Gasteiger partial charge in [0.2, 0.25) is 11.8 Å². The summed E-state index contributed by atoms with van der Waals surface area (Å²) < 4.78 is 5.47. The number of aryl methyl sites for hydroxylation is 1. The Morgan fingerprint density at radius 2 is 1.93 bits per heavy atom. The van der Waals surface area contributed by atoms with Crippen LogP contribution >= 0.6 is 0 Å². The molecule has 0 bridgehead atoms. The van der Waals surface area contributed by atoms with Crippen LogP contribution in [0.25, 0.3) is 0 Å². The van der Waals surface area contributed by atoms with Crippen LogP contribution in [0.15, 0.2) is 4.42 Å². The van der Waals surface area contributed by atoms with Crippen molar-refractivity contribution in [1.29, 1.82) is 0 Å². The van der Waals surface area contributed by atoms with Gasteiger partial charge in [0.25, 0.3) is 0 Å². The standard InChI is InChI=1S/C11H18N2O/c1-3-9-4-6-10(7-5-9)11-13-12-8(2)14-11/h9-10H,3-7H2,1-2H3/t9-,10-. The number of hydrogen-bond donors (Lipinski definition) is 0. The van der Waals surface area contributed by atoms with Crippen molar-refractivity contribution in [1.82, 2.24) is 10.2 Å². The van der Waals surface area contributed by atoms with Crippen molar-refractivity contribution < 1.29 is 4.42 Å². The molecule has 1 aromatic heterocycles. The van der Waals surface area contributed by atoms with Crippen LogP contribution in [0.5, 0.6) is 0 Å². The second-order valence-corrected chi connectivity index (χ2v) is 4.29. The molecule has 1 fully saturated rings. The minimum Gasteiger partial charge on any atom is -0.425 e. The Labute approximate surface area is 84.9 Å². The van der Waals surface area contributed by atoms with Crippen molar-refractivity contribution in [3.8, 4) is 0 Å². The van der Waals surface area contributed by atoms with E-state index in [2.05, 4.69) is 17.1 Å². The zero-order valence-electron chi connectivity index (χ0n) is 8.99. The van der Waals surface area contributed by atoms with Gasteiger partial charge in [-0.15, -0.1) is 10.2 Å². The summed E-state index contributed by atoms with van der Waals surface area (Å²) in [6.45, 7) is 4.13. The molecule has 0 saturated heterocycles. The zero-order chi connectivity index (χ0) is 9.97. The normalized spacial score (nSPS) is 27.9. The fraction of sp³-hybridized carbons (Fsp3) is 0.818. The van der Waals surface area contributed by atoms with E-state index < -0.39 is 0 Å². The van der Waals surface area contributed by atoms with E-state index in [1.165, 1.54) is 32.1 Å². The van der Waals surface area contributed by atoms with E-state index >= 15 is 0 Å². The van der Waals surface area contributed by atoms with Crippen LogP contribution in [0.2, 0.25) is 0 Å². The van der Waals surface area contributed by atoms with E-state index in [-0.39, 0.29) is 0 Å². The smallest absolute Gasteiger partial charge is 0.219 e. The maximum Gasteiger partial charge on any atom is 0.219 e. The van der Waals surface area contributed by atoms with Gasteiger partial charge in [-0.2, -0.15) is 0 Å². The highest BCUT2D eigenvalue weighted by atomic mass is 16.4. The molecule has 2 rings (SSSR count). The summed E-state index contributed by atoms with van der Waals surface area (Å²) in [5.41, 5.74) is 0. The molecular weight excluding hydrogens is 176 g/mol. The fourth-order valence-electron chi connectivity index (χ4n) is 2.29. The number of rotatable bonds is 2. The largest absolute Gasteiger partial charge is 0.425 e. The Balaban J connectivity index is 1.95. The van der Waals surface area contributed by atoms with Gasteiger partial charge in [0.1, 0.15) is 0 Å². The molecule has 3 nitrogen and oxygen atoms in total. The summed E-state index contributed by atoms with van der Waals surface area (Å²) in [4.78, 5) is 0. The van der Waals surface area contributed by atoms with E-state index in [0.29, 0.717) is 11.8 Å². The summed E-state index contributed by atoms with van der Waals surface area (Å²) >= 11 is 0. The molecule has 78 valence electrons. The molecule has 0 aliphatic heterocycles. The Hall–Kier alpha value is -0.860. The highest BCUT2D eigenvalue weighted by molar-refractivity contribution is 4.93. The van der Waals surface area contributed by atoms with Gasteiger partial charge in [0.15, 0.2) is 0 Å². The molecule has 1 aliphatic carbocycles.